The Morgan fingerprint density at radius 3 is 2.78 bits per heavy atom. The van der Waals surface area contributed by atoms with Gasteiger partial charge >= 0.3 is 0 Å². The third kappa shape index (κ3) is 2.73. The van der Waals surface area contributed by atoms with Gasteiger partial charge in [-0.3, -0.25) is 4.90 Å². The van der Waals surface area contributed by atoms with Crippen LogP contribution in [0.3, 0.4) is 0 Å². The van der Waals surface area contributed by atoms with Crippen molar-refractivity contribution >= 4 is 0 Å². The summed E-state index contributed by atoms with van der Waals surface area (Å²) < 4.78 is 5.54. The molecule has 0 amide bonds. The summed E-state index contributed by atoms with van der Waals surface area (Å²) in [5, 5.41) is 10.1. The van der Waals surface area contributed by atoms with E-state index >= 15 is 0 Å². The highest BCUT2D eigenvalue weighted by Crippen LogP contribution is 2.36. The molecule has 104 valence electrons. The summed E-state index contributed by atoms with van der Waals surface area (Å²) in [5.74, 6) is 1.29. The minimum absolute atomic E-state index is 0.136. The number of piperidine rings is 1. The van der Waals surface area contributed by atoms with Crippen molar-refractivity contribution in [2.75, 3.05) is 26.3 Å². The third-order valence-corrected chi connectivity index (χ3v) is 5.26. The number of nitrogens with zero attached hydrogens (tertiary/aromatic N) is 1. The number of aliphatic hydroxyl groups excluding tert-OH is 1. The van der Waals surface area contributed by atoms with Crippen molar-refractivity contribution in [2.24, 2.45) is 11.8 Å². The van der Waals surface area contributed by atoms with Gasteiger partial charge in [-0.05, 0) is 44.6 Å². The summed E-state index contributed by atoms with van der Waals surface area (Å²) >= 11 is 0. The van der Waals surface area contributed by atoms with Crippen LogP contribution in [0.2, 0.25) is 0 Å². The van der Waals surface area contributed by atoms with Crippen molar-refractivity contribution in [1.82, 2.24) is 4.90 Å². The largest absolute Gasteiger partial charge is 0.393 e. The summed E-state index contributed by atoms with van der Waals surface area (Å²) in [4.78, 5) is 2.68. The van der Waals surface area contributed by atoms with E-state index in [1.165, 1.54) is 45.1 Å². The highest BCUT2D eigenvalue weighted by molar-refractivity contribution is 4.89. The lowest BCUT2D eigenvalue weighted by Gasteiger charge is -2.46. The Balaban J connectivity index is 1.60. The van der Waals surface area contributed by atoms with Crippen molar-refractivity contribution in [1.29, 1.82) is 0 Å². The van der Waals surface area contributed by atoms with Gasteiger partial charge < -0.3 is 9.84 Å². The van der Waals surface area contributed by atoms with Gasteiger partial charge in [0.15, 0.2) is 0 Å². The quantitative estimate of drug-likeness (QED) is 0.817. The maximum atomic E-state index is 10.1. The molecular formula is C15H27NO2. The third-order valence-electron chi connectivity index (χ3n) is 5.26. The van der Waals surface area contributed by atoms with E-state index < -0.39 is 0 Å². The average molecular weight is 253 g/mol. The maximum absolute atomic E-state index is 10.1. The van der Waals surface area contributed by atoms with Crippen LogP contribution in [0, 0.1) is 11.8 Å². The van der Waals surface area contributed by atoms with E-state index in [0.29, 0.717) is 5.92 Å². The monoisotopic (exact) mass is 253 g/mol. The number of aliphatic hydroxyl groups is 1. The fourth-order valence-corrected chi connectivity index (χ4v) is 4.22. The molecule has 4 atom stereocenters. The lowest BCUT2D eigenvalue weighted by molar-refractivity contribution is -0.0605. The van der Waals surface area contributed by atoms with Crippen molar-refractivity contribution in [3.63, 3.8) is 0 Å². The Hall–Kier alpha value is -0.120. The summed E-state index contributed by atoms with van der Waals surface area (Å²) in [6.07, 6.45) is 9.13. The Labute approximate surface area is 110 Å². The SMILES string of the molecule is OC1CCOCC1CN1CCC[C@H]2CCCC[C@H]21. The topological polar surface area (TPSA) is 32.7 Å². The molecule has 1 aliphatic carbocycles. The average Bonchev–Trinajstić information content (AvgIpc) is 2.42. The van der Waals surface area contributed by atoms with Crippen molar-refractivity contribution < 1.29 is 9.84 Å². The highest BCUT2D eigenvalue weighted by Gasteiger charge is 2.35. The molecule has 0 aromatic heterocycles. The van der Waals surface area contributed by atoms with Gasteiger partial charge in [0.2, 0.25) is 0 Å². The normalized spacial score (nSPS) is 42.5. The van der Waals surface area contributed by atoms with E-state index in [9.17, 15) is 5.11 Å². The highest BCUT2D eigenvalue weighted by atomic mass is 16.5. The number of likely N-dealkylation sites (tertiary alicyclic amines) is 1. The molecule has 2 saturated heterocycles. The van der Waals surface area contributed by atoms with Gasteiger partial charge in [0, 0.05) is 25.1 Å². The Morgan fingerprint density at radius 2 is 1.89 bits per heavy atom. The van der Waals surface area contributed by atoms with Gasteiger partial charge in [-0.15, -0.1) is 0 Å². The first-order chi connectivity index (χ1) is 8.84. The van der Waals surface area contributed by atoms with Crippen LogP contribution >= 0.6 is 0 Å². The Kier molecular flexibility index (Phi) is 4.22. The smallest absolute Gasteiger partial charge is 0.0624 e. The van der Waals surface area contributed by atoms with Gasteiger partial charge in [0.1, 0.15) is 0 Å². The molecule has 2 unspecified atom stereocenters. The van der Waals surface area contributed by atoms with Gasteiger partial charge in [0.25, 0.3) is 0 Å². The number of hydrogen-bond acceptors (Lipinski definition) is 3. The van der Waals surface area contributed by atoms with Crippen molar-refractivity contribution in [3.8, 4) is 0 Å². The first kappa shape index (κ1) is 12.9. The fourth-order valence-electron chi connectivity index (χ4n) is 4.22. The summed E-state index contributed by atoms with van der Waals surface area (Å²) in [5.41, 5.74) is 0. The predicted octanol–water partition coefficient (Wildman–Crippen LogP) is 2.04. The molecule has 3 fully saturated rings. The van der Waals surface area contributed by atoms with Gasteiger partial charge in [-0.1, -0.05) is 12.8 Å². The number of fused-ring (bicyclic) bond motifs is 1. The molecule has 3 rings (SSSR count). The Bertz CT molecular complexity index is 269. The summed E-state index contributed by atoms with van der Waals surface area (Å²) in [7, 11) is 0. The number of ether oxygens (including phenoxy) is 1. The van der Waals surface area contributed by atoms with Crippen LogP contribution < -0.4 is 0 Å². The van der Waals surface area contributed by atoms with Crippen LogP contribution in [-0.2, 0) is 4.74 Å². The molecule has 3 nitrogen and oxygen atoms in total. The molecular weight excluding hydrogens is 226 g/mol. The van der Waals surface area contributed by atoms with E-state index in [-0.39, 0.29) is 6.10 Å². The van der Waals surface area contributed by atoms with E-state index in [4.69, 9.17) is 4.74 Å². The molecule has 0 aromatic carbocycles. The van der Waals surface area contributed by atoms with E-state index in [2.05, 4.69) is 4.90 Å². The maximum Gasteiger partial charge on any atom is 0.0624 e. The van der Waals surface area contributed by atoms with Crippen LogP contribution in [-0.4, -0.2) is 48.5 Å². The molecule has 0 radical (unpaired) electrons. The van der Waals surface area contributed by atoms with Crippen molar-refractivity contribution in [2.45, 2.75) is 57.1 Å². The zero-order chi connectivity index (χ0) is 12.4. The number of rotatable bonds is 2. The zero-order valence-electron chi connectivity index (χ0n) is 11.4. The number of hydrogen-bond donors (Lipinski definition) is 1. The fraction of sp³-hybridized carbons (Fsp3) is 1.00. The predicted molar refractivity (Wildman–Crippen MR) is 71.5 cm³/mol. The molecule has 2 heterocycles. The standard InChI is InChI=1S/C15H27NO2/c17-15-7-9-18-11-13(15)10-16-8-3-5-12-4-1-2-6-14(12)16/h12-15,17H,1-11H2/t12-,13?,14-,15?/m1/s1. The lowest BCUT2D eigenvalue weighted by atomic mass is 9.78. The minimum Gasteiger partial charge on any atom is -0.393 e. The van der Waals surface area contributed by atoms with Crippen LogP contribution in [0.15, 0.2) is 0 Å². The molecule has 0 bridgehead atoms. The van der Waals surface area contributed by atoms with Crippen LogP contribution in [0.4, 0.5) is 0 Å². The molecule has 18 heavy (non-hydrogen) atoms. The molecule has 2 aliphatic heterocycles. The van der Waals surface area contributed by atoms with Gasteiger partial charge in [0.05, 0.1) is 12.7 Å². The second-order valence-corrected chi connectivity index (χ2v) is 6.44. The molecule has 3 aliphatic rings. The minimum atomic E-state index is -0.136. The lowest BCUT2D eigenvalue weighted by Crippen LogP contribution is -2.51. The van der Waals surface area contributed by atoms with Crippen LogP contribution in [0.1, 0.15) is 44.9 Å². The first-order valence-corrected chi connectivity index (χ1v) is 7.84. The van der Waals surface area contributed by atoms with Crippen molar-refractivity contribution in [3.05, 3.63) is 0 Å². The van der Waals surface area contributed by atoms with Crippen LogP contribution in [0.5, 0.6) is 0 Å². The molecule has 1 saturated carbocycles. The Morgan fingerprint density at radius 1 is 1.06 bits per heavy atom. The molecule has 0 aromatic rings. The van der Waals surface area contributed by atoms with Gasteiger partial charge in [-0.25, -0.2) is 0 Å². The molecule has 3 heteroatoms. The first-order valence-electron chi connectivity index (χ1n) is 7.84. The summed E-state index contributed by atoms with van der Waals surface area (Å²) in [6, 6.07) is 0.807. The zero-order valence-corrected chi connectivity index (χ0v) is 11.4. The van der Waals surface area contributed by atoms with Gasteiger partial charge in [-0.2, -0.15) is 0 Å². The second-order valence-electron chi connectivity index (χ2n) is 6.44. The van der Waals surface area contributed by atoms with E-state index in [1.807, 2.05) is 0 Å². The van der Waals surface area contributed by atoms with Crippen LogP contribution in [0.25, 0.3) is 0 Å². The summed E-state index contributed by atoms with van der Waals surface area (Å²) in [6.45, 7) is 3.80. The second kappa shape index (κ2) is 5.89. The van der Waals surface area contributed by atoms with E-state index in [1.54, 1.807) is 0 Å². The molecule has 1 N–H and O–H groups in total. The van der Waals surface area contributed by atoms with E-state index in [0.717, 1.165) is 38.1 Å². The molecule has 0 spiro atoms.